The molecule has 7 nitrogen and oxygen atoms in total. The summed E-state index contributed by atoms with van der Waals surface area (Å²) in [6.45, 7) is 3.98. The Labute approximate surface area is 196 Å². The number of carbonyl (C=O) groups excluding carboxylic acids is 1. The van der Waals surface area contributed by atoms with E-state index in [1.54, 1.807) is 19.2 Å². The fourth-order valence-electron chi connectivity index (χ4n) is 3.71. The summed E-state index contributed by atoms with van der Waals surface area (Å²) in [5, 5.41) is 2.84. The number of carbonyl (C=O) groups is 1. The summed E-state index contributed by atoms with van der Waals surface area (Å²) in [5.74, 6) is -0.195. The lowest BCUT2D eigenvalue weighted by Gasteiger charge is -2.14. The minimum absolute atomic E-state index is 0.00266. The molecular formula is C26H24FN5O2. The zero-order chi connectivity index (χ0) is 24.2. The highest BCUT2D eigenvalue weighted by Gasteiger charge is 2.21. The van der Waals surface area contributed by atoms with Crippen molar-refractivity contribution in [3.8, 4) is 28.3 Å². The number of nitrogens with zero attached hydrogens (tertiary/aromatic N) is 3. The molecule has 4 aromatic rings. The van der Waals surface area contributed by atoms with Crippen molar-refractivity contribution in [2.24, 2.45) is 0 Å². The standard InChI is InChI=1S/C26H24FN5O2/c1-15-12-19(13-16(2)30-15)23-22(17-8-10-20(27)11-9-17)32-25(28)24(31-23)26(33)29-14-18-6-4-5-7-21(18)34-3/h4-13H,14H2,1-3H3,(H2,28,32)(H,29,33). The second-order valence-electron chi connectivity index (χ2n) is 7.79. The lowest BCUT2D eigenvalue weighted by atomic mass is 10.0. The number of rotatable bonds is 6. The molecule has 2 aromatic carbocycles. The number of nitrogen functional groups attached to an aromatic ring is 1. The molecule has 8 heteroatoms. The molecule has 172 valence electrons. The van der Waals surface area contributed by atoms with Gasteiger partial charge in [-0.05, 0) is 56.3 Å². The van der Waals surface area contributed by atoms with Gasteiger partial charge >= 0.3 is 0 Å². The number of methoxy groups -OCH3 is 1. The summed E-state index contributed by atoms with van der Waals surface area (Å²) in [5.41, 5.74) is 10.8. The zero-order valence-electron chi connectivity index (χ0n) is 19.1. The zero-order valence-corrected chi connectivity index (χ0v) is 19.1. The van der Waals surface area contributed by atoms with Gasteiger partial charge in [0.2, 0.25) is 0 Å². The molecular weight excluding hydrogens is 433 g/mol. The van der Waals surface area contributed by atoms with E-state index in [-0.39, 0.29) is 23.9 Å². The van der Waals surface area contributed by atoms with Crippen molar-refractivity contribution < 1.29 is 13.9 Å². The lowest BCUT2D eigenvalue weighted by Crippen LogP contribution is -2.26. The van der Waals surface area contributed by atoms with Crippen molar-refractivity contribution in [3.05, 3.63) is 89.1 Å². The number of amides is 1. The maximum atomic E-state index is 13.5. The third-order valence-electron chi connectivity index (χ3n) is 5.24. The van der Waals surface area contributed by atoms with Crippen LogP contribution >= 0.6 is 0 Å². The highest BCUT2D eigenvalue weighted by atomic mass is 19.1. The number of halogens is 1. The SMILES string of the molecule is COc1ccccc1CNC(=O)c1nc(-c2cc(C)nc(C)c2)c(-c2ccc(F)cc2)nc1N. The first kappa shape index (κ1) is 22.8. The highest BCUT2D eigenvalue weighted by Crippen LogP contribution is 2.31. The van der Waals surface area contributed by atoms with E-state index < -0.39 is 5.91 Å². The first-order valence-corrected chi connectivity index (χ1v) is 10.6. The van der Waals surface area contributed by atoms with Crippen LogP contribution in [-0.4, -0.2) is 28.0 Å². The van der Waals surface area contributed by atoms with Crippen molar-refractivity contribution in [2.75, 3.05) is 12.8 Å². The molecule has 0 bridgehead atoms. The van der Waals surface area contributed by atoms with E-state index in [0.717, 1.165) is 22.5 Å². The second kappa shape index (κ2) is 9.66. The molecule has 4 rings (SSSR count). The van der Waals surface area contributed by atoms with Crippen LogP contribution in [0.15, 0.2) is 60.7 Å². The minimum atomic E-state index is -0.467. The first-order valence-electron chi connectivity index (χ1n) is 10.6. The van der Waals surface area contributed by atoms with Gasteiger partial charge in [-0.3, -0.25) is 9.78 Å². The summed E-state index contributed by atoms with van der Waals surface area (Å²) in [6.07, 6.45) is 0. The largest absolute Gasteiger partial charge is 0.496 e. The number of aryl methyl sites for hydroxylation is 2. The fraction of sp³-hybridized carbons (Fsp3) is 0.154. The predicted molar refractivity (Wildman–Crippen MR) is 129 cm³/mol. The predicted octanol–water partition coefficient (Wildman–Crippen LogP) is 4.48. The molecule has 0 aliphatic carbocycles. The molecule has 0 fully saturated rings. The van der Waals surface area contributed by atoms with Gasteiger partial charge < -0.3 is 15.8 Å². The topological polar surface area (TPSA) is 103 Å². The molecule has 0 aliphatic rings. The average Bonchev–Trinajstić information content (AvgIpc) is 2.82. The number of hydrogen-bond acceptors (Lipinski definition) is 6. The van der Waals surface area contributed by atoms with Crippen LogP contribution in [0.3, 0.4) is 0 Å². The average molecular weight is 458 g/mol. The second-order valence-corrected chi connectivity index (χ2v) is 7.79. The van der Waals surface area contributed by atoms with Gasteiger partial charge in [0.05, 0.1) is 18.5 Å². The van der Waals surface area contributed by atoms with Crippen LogP contribution < -0.4 is 15.8 Å². The summed E-state index contributed by atoms with van der Waals surface area (Å²) in [7, 11) is 1.57. The van der Waals surface area contributed by atoms with Crippen LogP contribution in [0.1, 0.15) is 27.4 Å². The van der Waals surface area contributed by atoms with Crippen LogP contribution in [0.2, 0.25) is 0 Å². The number of benzene rings is 2. The normalized spacial score (nSPS) is 10.7. The van der Waals surface area contributed by atoms with E-state index in [1.807, 2.05) is 50.2 Å². The molecule has 0 atom stereocenters. The first-order chi connectivity index (χ1) is 16.4. The quantitative estimate of drug-likeness (QED) is 0.442. The molecule has 3 N–H and O–H groups in total. The van der Waals surface area contributed by atoms with Crippen LogP contribution in [0.5, 0.6) is 5.75 Å². The summed E-state index contributed by atoms with van der Waals surface area (Å²) in [4.78, 5) is 26.6. The molecule has 2 aromatic heterocycles. The highest BCUT2D eigenvalue weighted by molar-refractivity contribution is 5.98. The number of para-hydroxylation sites is 1. The van der Waals surface area contributed by atoms with Crippen LogP contribution in [0, 0.1) is 19.7 Å². The van der Waals surface area contributed by atoms with Crippen molar-refractivity contribution in [1.82, 2.24) is 20.3 Å². The lowest BCUT2D eigenvalue weighted by molar-refractivity contribution is 0.0946. The number of anilines is 1. The third kappa shape index (κ3) is 4.85. The third-order valence-corrected chi connectivity index (χ3v) is 5.24. The Bertz CT molecular complexity index is 1340. The van der Waals surface area contributed by atoms with Gasteiger partial charge in [0.15, 0.2) is 11.5 Å². The number of aromatic nitrogens is 3. The molecule has 0 spiro atoms. The van der Waals surface area contributed by atoms with E-state index in [0.29, 0.717) is 22.7 Å². The molecule has 34 heavy (non-hydrogen) atoms. The van der Waals surface area contributed by atoms with Crippen LogP contribution in [0.4, 0.5) is 10.2 Å². The monoisotopic (exact) mass is 457 g/mol. The van der Waals surface area contributed by atoms with E-state index in [9.17, 15) is 9.18 Å². The van der Waals surface area contributed by atoms with Gasteiger partial charge in [0.1, 0.15) is 11.6 Å². The Hall–Kier alpha value is -4.33. The summed E-state index contributed by atoms with van der Waals surface area (Å²) >= 11 is 0. The molecule has 0 saturated heterocycles. The molecule has 0 radical (unpaired) electrons. The Morgan fingerprint density at radius 3 is 2.26 bits per heavy atom. The number of hydrogen-bond donors (Lipinski definition) is 2. The van der Waals surface area contributed by atoms with Gasteiger partial charge in [0.25, 0.3) is 5.91 Å². The van der Waals surface area contributed by atoms with Crippen LogP contribution in [0.25, 0.3) is 22.5 Å². The fourth-order valence-corrected chi connectivity index (χ4v) is 3.71. The Kier molecular flexibility index (Phi) is 6.49. The van der Waals surface area contributed by atoms with Gasteiger partial charge in [-0.2, -0.15) is 0 Å². The Balaban J connectivity index is 1.76. The van der Waals surface area contributed by atoms with Crippen molar-refractivity contribution >= 4 is 11.7 Å². The van der Waals surface area contributed by atoms with Gasteiger partial charge in [-0.25, -0.2) is 14.4 Å². The van der Waals surface area contributed by atoms with Crippen molar-refractivity contribution in [2.45, 2.75) is 20.4 Å². The summed E-state index contributed by atoms with van der Waals surface area (Å²) < 4.78 is 18.9. The molecule has 1 amide bonds. The van der Waals surface area contributed by atoms with Gasteiger partial charge in [-0.15, -0.1) is 0 Å². The van der Waals surface area contributed by atoms with E-state index in [2.05, 4.69) is 20.3 Å². The molecule has 2 heterocycles. The molecule has 0 saturated carbocycles. The van der Waals surface area contributed by atoms with Gasteiger partial charge in [0, 0.05) is 34.6 Å². The van der Waals surface area contributed by atoms with Crippen LogP contribution in [-0.2, 0) is 6.54 Å². The minimum Gasteiger partial charge on any atom is -0.496 e. The molecule has 0 aliphatic heterocycles. The van der Waals surface area contributed by atoms with E-state index >= 15 is 0 Å². The number of ether oxygens (including phenoxy) is 1. The number of nitrogens with one attached hydrogen (secondary N) is 1. The maximum Gasteiger partial charge on any atom is 0.274 e. The number of pyridine rings is 1. The molecule has 0 unspecified atom stereocenters. The number of nitrogens with two attached hydrogens (primary N) is 1. The maximum absolute atomic E-state index is 13.5. The Morgan fingerprint density at radius 2 is 1.59 bits per heavy atom. The van der Waals surface area contributed by atoms with E-state index in [1.165, 1.54) is 12.1 Å². The van der Waals surface area contributed by atoms with Crippen molar-refractivity contribution in [3.63, 3.8) is 0 Å². The Morgan fingerprint density at radius 1 is 0.941 bits per heavy atom. The van der Waals surface area contributed by atoms with Gasteiger partial charge in [-0.1, -0.05) is 18.2 Å². The smallest absolute Gasteiger partial charge is 0.274 e. The van der Waals surface area contributed by atoms with E-state index in [4.69, 9.17) is 10.5 Å². The van der Waals surface area contributed by atoms with Crippen molar-refractivity contribution in [1.29, 1.82) is 0 Å². The summed E-state index contributed by atoms with van der Waals surface area (Å²) in [6, 6.07) is 17.0.